The van der Waals surface area contributed by atoms with Crippen LogP contribution < -0.4 is 14.8 Å². The molecule has 10 nitrogen and oxygen atoms in total. The van der Waals surface area contributed by atoms with Gasteiger partial charge in [-0.2, -0.15) is 10.4 Å². The number of anilines is 1. The number of carboxylic acid groups (broad SMARTS) is 1. The van der Waals surface area contributed by atoms with Gasteiger partial charge in [0.15, 0.2) is 0 Å². The van der Waals surface area contributed by atoms with Gasteiger partial charge in [0.05, 0.1) is 43.2 Å². The summed E-state index contributed by atoms with van der Waals surface area (Å²) in [5.41, 5.74) is 4.91. The summed E-state index contributed by atoms with van der Waals surface area (Å²) < 4.78 is 13.0. The van der Waals surface area contributed by atoms with Crippen molar-refractivity contribution < 1.29 is 19.4 Å². The highest BCUT2D eigenvalue weighted by Gasteiger charge is 2.21. The van der Waals surface area contributed by atoms with Crippen molar-refractivity contribution in [1.29, 1.82) is 5.26 Å². The number of methoxy groups -OCH3 is 1. The van der Waals surface area contributed by atoms with Crippen LogP contribution in [0.2, 0.25) is 0 Å². The fraction of sp³-hybridized carbons (Fsp3) is 0.300. The predicted molar refractivity (Wildman–Crippen MR) is 148 cm³/mol. The predicted octanol–water partition coefficient (Wildman–Crippen LogP) is 4.32. The molecule has 0 saturated carbocycles. The lowest BCUT2D eigenvalue weighted by Gasteiger charge is -2.17. The van der Waals surface area contributed by atoms with Gasteiger partial charge >= 0.3 is 5.97 Å². The number of carboxylic acids is 1. The Balaban J connectivity index is 1.38. The SMILES string of the molecule is COc1ccc(C(CC(=O)O)Cc2cc(OCCc3ccc4c(n3)NCCC4)n(-c3ccc(C#N)cc3)n2)cn1. The maximum Gasteiger partial charge on any atom is 0.303 e. The van der Waals surface area contributed by atoms with Gasteiger partial charge in [0.2, 0.25) is 11.8 Å². The van der Waals surface area contributed by atoms with E-state index >= 15 is 0 Å². The summed E-state index contributed by atoms with van der Waals surface area (Å²) in [4.78, 5) is 20.7. The van der Waals surface area contributed by atoms with Crippen LogP contribution in [0.3, 0.4) is 0 Å². The van der Waals surface area contributed by atoms with Crippen molar-refractivity contribution in [3.63, 3.8) is 0 Å². The van der Waals surface area contributed by atoms with Crippen molar-refractivity contribution in [2.45, 2.75) is 38.0 Å². The van der Waals surface area contributed by atoms with Crippen molar-refractivity contribution in [2.24, 2.45) is 0 Å². The van der Waals surface area contributed by atoms with Crippen LogP contribution in [0.4, 0.5) is 5.82 Å². The Morgan fingerprint density at radius 1 is 1.18 bits per heavy atom. The third-order valence-corrected chi connectivity index (χ3v) is 6.84. The molecule has 1 atom stereocenters. The molecule has 0 radical (unpaired) electrons. The van der Waals surface area contributed by atoms with Crippen LogP contribution >= 0.6 is 0 Å². The van der Waals surface area contributed by atoms with E-state index in [0.29, 0.717) is 42.5 Å². The number of nitrogens with zero attached hydrogens (tertiary/aromatic N) is 5. The minimum atomic E-state index is -0.907. The molecule has 0 amide bonds. The smallest absolute Gasteiger partial charge is 0.303 e. The standard InChI is InChI=1S/C30H30N6O4/c1-39-27-11-7-22(19-33-27)23(16-29(37)38)15-25-17-28(36(35-25)26-9-4-20(18-31)5-10-26)40-14-12-24-8-6-21-3-2-13-32-30(21)34-24/h4-11,17,19,23H,2-3,12-16H2,1H3,(H,32,34)(H,37,38). The van der Waals surface area contributed by atoms with E-state index in [1.54, 1.807) is 41.2 Å². The van der Waals surface area contributed by atoms with Crippen molar-refractivity contribution in [1.82, 2.24) is 19.7 Å². The van der Waals surface area contributed by atoms with Crippen molar-refractivity contribution >= 4 is 11.8 Å². The van der Waals surface area contributed by atoms with E-state index in [-0.39, 0.29) is 12.3 Å². The van der Waals surface area contributed by atoms with E-state index in [4.69, 9.17) is 19.6 Å². The molecule has 1 aromatic carbocycles. The Labute approximate surface area is 232 Å². The summed E-state index contributed by atoms with van der Waals surface area (Å²) in [5.74, 6) is 0.683. The van der Waals surface area contributed by atoms with Gasteiger partial charge in [-0.15, -0.1) is 0 Å². The van der Waals surface area contributed by atoms with Crippen LogP contribution in [0.1, 0.15) is 46.8 Å². The summed E-state index contributed by atoms with van der Waals surface area (Å²) in [6, 6.07) is 18.7. The zero-order chi connectivity index (χ0) is 27.9. The van der Waals surface area contributed by atoms with Gasteiger partial charge in [-0.1, -0.05) is 12.1 Å². The first-order valence-corrected chi connectivity index (χ1v) is 13.2. The Bertz CT molecular complexity index is 1510. The molecule has 5 rings (SSSR count). The van der Waals surface area contributed by atoms with E-state index in [1.807, 2.05) is 18.2 Å². The number of hydrogen-bond acceptors (Lipinski definition) is 8. The average molecular weight is 539 g/mol. The summed E-state index contributed by atoms with van der Waals surface area (Å²) in [5, 5.41) is 26.9. The molecule has 10 heteroatoms. The zero-order valence-electron chi connectivity index (χ0n) is 22.2. The number of nitriles is 1. The van der Waals surface area contributed by atoms with Crippen LogP contribution in [-0.4, -0.2) is 51.1 Å². The van der Waals surface area contributed by atoms with E-state index in [1.165, 1.54) is 12.7 Å². The molecule has 0 spiro atoms. The van der Waals surface area contributed by atoms with Crippen LogP contribution in [-0.2, 0) is 24.1 Å². The van der Waals surface area contributed by atoms with Gasteiger partial charge in [-0.3, -0.25) is 4.79 Å². The molecule has 0 bridgehead atoms. The van der Waals surface area contributed by atoms with E-state index < -0.39 is 5.97 Å². The number of ether oxygens (including phenoxy) is 2. The molecule has 1 aliphatic heterocycles. The van der Waals surface area contributed by atoms with Crippen molar-refractivity contribution in [2.75, 3.05) is 25.6 Å². The second-order valence-electron chi connectivity index (χ2n) is 9.62. The number of pyridine rings is 2. The monoisotopic (exact) mass is 538 g/mol. The lowest BCUT2D eigenvalue weighted by molar-refractivity contribution is -0.137. The fourth-order valence-corrected chi connectivity index (χ4v) is 4.77. The van der Waals surface area contributed by atoms with Gasteiger partial charge in [0, 0.05) is 42.9 Å². The first-order chi connectivity index (χ1) is 19.5. The lowest BCUT2D eigenvalue weighted by Crippen LogP contribution is -2.14. The number of rotatable bonds is 11. The quantitative estimate of drug-likeness (QED) is 0.286. The molecule has 204 valence electrons. The summed E-state index contributed by atoms with van der Waals surface area (Å²) >= 11 is 0. The number of benzene rings is 1. The first-order valence-electron chi connectivity index (χ1n) is 13.2. The third kappa shape index (κ3) is 6.38. The molecule has 1 unspecified atom stereocenters. The third-order valence-electron chi connectivity index (χ3n) is 6.84. The summed E-state index contributed by atoms with van der Waals surface area (Å²) in [6.45, 7) is 1.32. The maximum atomic E-state index is 11.7. The molecule has 40 heavy (non-hydrogen) atoms. The van der Waals surface area contributed by atoms with Crippen LogP contribution in [0.15, 0.2) is 60.8 Å². The number of aliphatic carboxylic acids is 1. The number of aryl methyl sites for hydroxylation is 1. The van der Waals surface area contributed by atoms with Gasteiger partial charge < -0.3 is 19.9 Å². The highest BCUT2D eigenvalue weighted by atomic mass is 16.5. The minimum absolute atomic E-state index is 0.0774. The molecular formula is C30H30N6O4. The molecule has 0 aliphatic carbocycles. The van der Waals surface area contributed by atoms with E-state index in [2.05, 4.69) is 22.4 Å². The number of carbonyl (C=O) groups is 1. The van der Waals surface area contributed by atoms with E-state index in [9.17, 15) is 15.2 Å². The van der Waals surface area contributed by atoms with Crippen molar-refractivity contribution in [3.05, 3.63) is 88.9 Å². The van der Waals surface area contributed by atoms with Crippen LogP contribution in [0, 0.1) is 11.3 Å². The van der Waals surface area contributed by atoms with Crippen LogP contribution in [0.25, 0.3) is 5.69 Å². The fourth-order valence-electron chi connectivity index (χ4n) is 4.77. The average Bonchev–Trinajstić information content (AvgIpc) is 3.39. The Kier molecular flexibility index (Phi) is 8.21. The molecule has 4 aromatic rings. The number of hydrogen-bond donors (Lipinski definition) is 2. The molecule has 3 aromatic heterocycles. The minimum Gasteiger partial charge on any atom is -0.481 e. The molecule has 0 saturated heterocycles. The maximum absolute atomic E-state index is 11.7. The zero-order valence-corrected chi connectivity index (χ0v) is 22.2. The number of nitrogens with one attached hydrogen (secondary N) is 1. The molecule has 0 fully saturated rings. The Morgan fingerprint density at radius 2 is 2.02 bits per heavy atom. The second kappa shape index (κ2) is 12.3. The van der Waals surface area contributed by atoms with Crippen molar-refractivity contribution in [3.8, 4) is 23.5 Å². The number of aromatic nitrogens is 4. The first kappa shape index (κ1) is 26.7. The summed E-state index contributed by atoms with van der Waals surface area (Å²) in [7, 11) is 1.53. The highest BCUT2D eigenvalue weighted by molar-refractivity contribution is 5.68. The number of fused-ring (bicyclic) bond motifs is 1. The lowest BCUT2D eigenvalue weighted by atomic mass is 9.92. The molecule has 4 heterocycles. The molecule has 1 aliphatic rings. The van der Waals surface area contributed by atoms with Gasteiger partial charge in [0.1, 0.15) is 5.82 Å². The Hall–Kier alpha value is -4.91. The topological polar surface area (TPSA) is 135 Å². The van der Waals surface area contributed by atoms with E-state index in [0.717, 1.165) is 42.1 Å². The Morgan fingerprint density at radius 3 is 2.75 bits per heavy atom. The largest absolute Gasteiger partial charge is 0.481 e. The molecular weight excluding hydrogens is 508 g/mol. The van der Waals surface area contributed by atoms with Gasteiger partial charge in [-0.05, 0) is 60.7 Å². The van der Waals surface area contributed by atoms with Gasteiger partial charge in [0.25, 0.3) is 0 Å². The normalized spacial score (nSPS) is 13.0. The second-order valence-corrected chi connectivity index (χ2v) is 9.62. The van der Waals surface area contributed by atoms with Crippen LogP contribution in [0.5, 0.6) is 11.8 Å². The summed E-state index contributed by atoms with van der Waals surface area (Å²) in [6.07, 6.45) is 4.70. The molecule has 2 N–H and O–H groups in total. The van der Waals surface area contributed by atoms with Gasteiger partial charge in [-0.25, -0.2) is 14.6 Å². The highest BCUT2D eigenvalue weighted by Crippen LogP contribution is 2.28.